The van der Waals surface area contributed by atoms with E-state index < -0.39 is 0 Å². The van der Waals surface area contributed by atoms with Crippen LogP contribution in [0.3, 0.4) is 0 Å². The van der Waals surface area contributed by atoms with Gasteiger partial charge in [-0.2, -0.15) is 0 Å². The largest absolute Gasteiger partial charge is 0.354 e. The van der Waals surface area contributed by atoms with Crippen molar-refractivity contribution in [2.24, 2.45) is 0 Å². The monoisotopic (exact) mass is 242 g/mol. The summed E-state index contributed by atoms with van der Waals surface area (Å²) in [5, 5.41) is 3.11. The quantitative estimate of drug-likeness (QED) is 0.868. The van der Waals surface area contributed by atoms with Crippen molar-refractivity contribution >= 4 is 5.82 Å². The van der Waals surface area contributed by atoms with E-state index in [0.717, 1.165) is 24.6 Å². The highest BCUT2D eigenvalue weighted by atomic mass is 15.2. The summed E-state index contributed by atoms with van der Waals surface area (Å²) in [7, 11) is 3.95. The molecule has 0 unspecified atom stereocenters. The fourth-order valence-electron chi connectivity index (χ4n) is 1.77. The van der Waals surface area contributed by atoms with Crippen molar-refractivity contribution in [2.45, 2.75) is 13.1 Å². The van der Waals surface area contributed by atoms with E-state index in [1.807, 2.05) is 50.8 Å². The molecule has 4 heteroatoms. The Kier molecular flexibility index (Phi) is 4.25. The van der Waals surface area contributed by atoms with Crippen molar-refractivity contribution in [3.8, 4) is 0 Å². The molecule has 0 aliphatic rings. The molecular formula is C14H18N4. The molecule has 0 aliphatic heterocycles. The first-order valence-corrected chi connectivity index (χ1v) is 6.00. The zero-order chi connectivity index (χ0) is 12.8. The van der Waals surface area contributed by atoms with Gasteiger partial charge < -0.3 is 10.2 Å². The molecule has 0 atom stereocenters. The van der Waals surface area contributed by atoms with Gasteiger partial charge in [0.1, 0.15) is 5.82 Å². The molecule has 0 aromatic carbocycles. The van der Waals surface area contributed by atoms with Crippen LogP contribution in [0.5, 0.6) is 0 Å². The number of hydrogen-bond acceptors (Lipinski definition) is 4. The summed E-state index contributed by atoms with van der Waals surface area (Å²) in [5.41, 5.74) is 2.23. The third-order valence-electron chi connectivity index (χ3n) is 2.71. The lowest BCUT2D eigenvalue weighted by Crippen LogP contribution is -2.18. The molecule has 0 spiro atoms. The maximum absolute atomic E-state index is 4.45. The van der Waals surface area contributed by atoms with Crippen LogP contribution >= 0.6 is 0 Å². The number of aromatic nitrogens is 2. The van der Waals surface area contributed by atoms with Gasteiger partial charge in [-0.3, -0.25) is 4.98 Å². The Morgan fingerprint density at radius 3 is 2.67 bits per heavy atom. The Hall–Kier alpha value is -1.94. The fourth-order valence-corrected chi connectivity index (χ4v) is 1.77. The third-order valence-corrected chi connectivity index (χ3v) is 2.71. The van der Waals surface area contributed by atoms with Gasteiger partial charge in [-0.05, 0) is 30.8 Å². The van der Waals surface area contributed by atoms with Crippen molar-refractivity contribution < 1.29 is 0 Å². The second-order valence-electron chi connectivity index (χ2n) is 4.23. The van der Waals surface area contributed by atoms with E-state index in [0.29, 0.717) is 0 Å². The molecule has 0 saturated heterocycles. The van der Waals surface area contributed by atoms with Crippen LogP contribution in [0.2, 0.25) is 0 Å². The van der Waals surface area contributed by atoms with Gasteiger partial charge in [0.25, 0.3) is 0 Å². The summed E-state index contributed by atoms with van der Waals surface area (Å²) in [6.45, 7) is 1.61. The second kappa shape index (κ2) is 6.12. The minimum absolute atomic E-state index is 0.763. The predicted octanol–water partition coefficient (Wildman–Crippen LogP) is 1.83. The van der Waals surface area contributed by atoms with E-state index in [2.05, 4.69) is 26.3 Å². The highest BCUT2D eigenvalue weighted by Crippen LogP contribution is 2.12. The lowest BCUT2D eigenvalue weighted by Gasteiger charge is -2.17. The lowest BCUT2D eigenvalue weighted by atomic mass is 10.2. The Bertz CT molecular complexity index is 467. The number of nitrogens with zero attached hydrogens (tertiary/aromatic N) is 3. The van der Waals surface area contributed by atoms with Gasteiger partial charge in [0.05, 0.1) is 12.2 Å². The van der Waals surface area contributed by atoms with E-state index in [1.54, 1.807) is 0 Å². The molecule has 0 saturated carbocycles. The molecule has 94 valence electrons. The molecule has 0 aliphatic carbocycles. The third kappa shape index (κ3) is 3.28. The lowest BCUT2D eigenvalue weighted by molar-refractivity contribution is 0.808. The van der Waals surface area contributed by atoms with Gasteiger partial charge in [-0.15, -0.1) is 0 Å². The van der Waals surface area contributed by atoms with Crippen LogP contribution in [0, 0.1) is 0 Å². The van der Waals surface area contributed by atoms with Crippen molar-refractivity contribution in [1.29, 1.82) is 0 Å². The molecule has 4 nitrogen and oxygen atoms in total. The maximum Gasteiger partial charge on any atom is 0.128 e. The van der Waals surface area contributed by atoms with Gasteiger partial charge in [0.15, 0.2) is 0 Å². The Morgan fingerprint density at radius 2 is 2.06 bits per heavy atom. The molecule has 0 bridgehead atoms. The van der Waals surface area contributed by atoms with Crippen LogP contribution in [-0.2, 0) is 13.1 Å². The Balaban J connectivity index is 2.02. The number of hydrogen-bond donors (Lipinski definition) is 1. The minimum Gasteiger partial charge on any atom is -0.354 e. The van der Waals surface area contributed by atoms with Crippen LogP contribution in [0.15, 0.2) is 42.7 Å². The highest BCUT2D eigenvalue weighted by Gasteiger charge is 2.04. The normalized spacial score (nSPS) is 10.3. The molecule has 1 N–H and O–H groups in total. The average Bonchev–Trinajstić information content (AvgIpc) is 2.41. The summed E-state index contributed by atoms with van der Waals surface area (Å²) < 4.78 is 0. The highest BCUT2D eigenvalue weighted by molar-refractivity contribution is 5.38. The first-order chi connectivity index (χ1) is 8.79. The molecule has 2 aromatic rings. The molecule has 2 aromatic heterocycles. The molecule has 0 fully saturated rings. The summed E-state index contributed by atoms with van der Waals surface area (Å²) in [4.78, 5) is 10.9. The first kappa shape index (κ1) is 12.5. The predicted molar refractivity (Wildman–Crippen MR) is 73.3 cm³/mol. The average molecular weight is 242 g/mol. The van der Waals surface area contributed by atoms with Crippen LogP contribution < -0.4 is 10.2 Å². The topological polar surface area (TPSA) is 41.0 Å². The van der Waals surface area contributed by atoms with Crippen LogP contribution in [0.25, 0.3) is 0 Å². The van der Waals surface area contributed by atoms with Crippen molar-refractivity contribution in [2.75, 3.05) is 19.0 Å². The fraction of sp³-hybridized carbons (Fsp3) is 0.286. The number of anilines is 1. The van der Waals surface area contributed by atoms with E-state index in [-0.39, 0.29) is 0 Å². The Labute approximate surface area is 108 Å². The van der Waals surface area contributed by atoms with Gasteiger partial charge >= 0.3 is 0 Å². The summed E-state index contributed by atoms with van der Waals surface area (Å²) >= 11 is 0. The van der Waals surface area contributed by atoms with Crippen molar-refractivity contribution in [3.05, 3.63) is 54.0 Å². The zero-order valence-corrected chi connectivity index (χ0v) is 10.8. The summed E-state index contributed by atoms with van der Waals surface area (Å²) in [5.74, 6) is 0.959. The van der Waals surface area contributed by atoms with Crippen molar-refractivity contribution in [3.63, 3.8) is 0 Å². The number of nitrogens with one attached hydrogen (secondary N) is 1. The number of pyridine rings is 2. The van der Waals surface area contributed by atoms with Gasteiger partial charge in [-0.1, -0.05) is 12.1 Å². The van der Waals surface area contributed by atoms with Crippen molar-refractivity contribution in [1.82, 2.24) is 15.3 Å². The minimum atomic E-state index is 0.763. The van der Waals surface area contributed by atoms with Gasteiger partial charge in [-0.25, -0.2) is 4.98 Å². The molecule has 2 rings (SSSR count). The molecule has 0 amide bonds. The smallest absolute Gasteiger partial charge is 0.128 e. The molecule has 0 radical (unpaired) electrons. The first-order valence-electron chi connectivity index (χ1n) is 6.00. The van der Waals surface area contributed by atoms with E-state index >= 15 is 0 Å². The summed E-state index contributed by atoms with van der Waals surface area (Å²) in [6, 6.07) is 10.1. The standard InChI is InChI=1S/C14H18N4/c1-15-9-12-6-7-14(17-10-12)18(2)11-13-5-3-4-8-16-13/h3-8,10,15H,9,11H2,1-2H3. The van der Waals surface area contributed by atoms with Crippen LogP contribution in [0.1, 0.15) is 11.3 Å². The van der Waals surface area contributed by atoms with E-state index in [1.165, 1.54) is 5.56 Å². The van der Waals surface area contributed by atoms with E-state index in [9.17, 15) is 0 Å². The van der Waals surface area contributed by atoms with Gasteiger partial charge in [0.2, 0.25) is 0 Å². The van der Waals surface area contributed by atoms with E-state index in [4.69, 9.17) is 0 Å². The Morgan fingerprint density at radius 1 is 1.17 bits per heavy atom. The molecule has 2 heterocycles. The van der Waals surface area contributed by atoms with Gasteiger partial charge in [0, 0.05) is 26.0 Å². The number of rotatable bonds is 5. The second-order valence-corrected chi connectivity index (χ2v) is 4.23. The SMILES string of the molecule is CNCc1ccc(N(C)Cc2ccccn2)nc1. The maximum atomic E-state index is 4.45. The molecular weight excluding hydrogens is 224 g/mol. The van der Waals surface area contributed by atoms with Crippen LogP contribution in [-0.4, -0.2) is 24.1 Å². The molecule has 18 heavy (non-hydrogen) atoms. The summed E-state index contributed by atoms with van der Waals surface area (Å²) in [6.07, 6.45) is 3.72. The van der Waals surface area contributed by atoms with Crippen LogP contribution in [0.4, 0.5) is 5.82 Å². The zero-order valence-electron chi connectivity index (χ0n) is 10.8.